The molecule has 2 amide bonds. The van der Waals surface area contributed by atoms with E-state index in [4.69, 9.17) is 13.9 Å². The molecule has 184 valence electrons. The molecule has 0 radical (unpaired) electrons. The fraction of sp³-hybridized carbons (Fsp3) is 0.357. The van der Waals surface area contributed by atoms with Gasteiger partial charge in [0, 0.05) is 11.7 Å². The molecule has 1 atom stereocenters. The minimum absolute atomic E-state index is 0.105. The molecule has 0 bridgehead atoms. The first-order valence-electron chi connectivity index (χ1n) is 12.2. The standard InChI is InChI=1S/C28H32N2O5/c1-3-33-23-15-11-20(12-16-23)26(27(31)29-21-8-5-6-9-21)30(28(32)25-10-7-19-35-25)22-13-17-24(18-14-22)34-4-2/h7,10-19,21,26H,3-6,8-9H2,1-2H3,(H,29,31). The average molecular weight is 477 g/mol. The van der Waals surface area contributed by atoms with E-state index in [9.17, 15) is 9.59 Å². The minimum Gasteiger partial charge on any atom is -0.494 e. The van der Waals surface area contributed by atoms with Gasteiger partial charge >= 0.3 is 0 Å². The van der Waals surface area contributed by atoms with Gasteiger partial charge in [0.15, 0.2) is 5.76 Å². The Hall–Kier alpha value is -3.74. The molecule has 1 aliphatic rings. The van der Waals surface area contributed by atoms with E-state index in [-0.39, 0.29) is 17.7 Å². The Bertz CT molecular complexity index is 1090. The summed E-state index contributed by atoms with van der Waals surface area (Å²) in [6.07, 6.45) is 5.52. The second-order valence-electron chi connectivity index (χ2n) is 8.47. The Morgan fingerprint density at radius 3 is 2.09 bits per heavy atom. The van der Waals surface area contributed by atoms with E-state index in [0.717, 1.165) is 25.7 Å². The molecule has 7 heteroatoms. The van der Waals surface area contributed by atoms with Gasteiger partial charge in [-0.2, -0.15) is 0 Å². The van der Waals surface area contributed by atoms with E-state index < -0.39 is 11.9 Å². The third-order valence-electron chi connectivity index (χ3n) is 6.09. The normalized spacial score (nSPS) is 14.3. The van der Waals surface area contributed by atoms with Crippen LogP contribution in [-0.2, 0) is 4.79 Å². The smallest absolute Gasteiger partial charge is 0.294 e. The summed E-state index contributed by atoms with van der Waals surface area (Å²) in [6, 6.07) is 17.0. The highest BCUT2D eigenvalue weighted by Crippen LogP contribution is 2.33. The molecule has 2 aromatic carbocycles. The maximum Gasteiger partial charge on any atom is 0.294 e. The Kier molecular flexibility index (Phi) is 8.08. The number of ether oxygens (including phenoxy) is 2. The Morgan fingerprint density at radius 2 is 1.54 bits per heavy atom. The fourth-order valence-electron chi connectivity index (χ4n) is 4.45. The molecule has 1 aromatic heterocycles. The van der Waals surface area contributed by atoms with Gasteiger partial charge < -0.3 is 19.2 Å². The zero-order valence-electron chi connectivity index (χ0n) is 20.2. The van der Waals surface area contributed by atoms with Gasteiger partial charge in [0.2, 0.25) is 5.91 Å². The van der Waals surface area contributed by atoms with E-state index in [1.54, 1.807) is 36.4 Å². The number of anilines is 1. The summed E-state index contributed by atoms with van der Waals surface area (Å²) in [7, 11) is 0. The third-order valence-corrected chi connectivity index (χ3v) is 6.09. The highest BCUT2D eigenvalue weighted by atomic mass is 16.5. The van der Waals surface area contributed by atoms with Gasteiger partial charge in [0.05, 0.1) is 19.5 Å². The fourth-order valence-corrected chi connectivity index (χ4v) is 4.45. The van der Waals surface area contributed by atoms with Crippen molar-refractivity contribution in [3.05, 3.63) is 78.3 Å². The molecule has 1 fully saturated rings. The summed E-state index contributed by atoms with van der Waals surface area (Å²) < 4.78 is 16.6. The maximum atomic E-state index is 13.8. The highest BCUT2D eigenvalue weighted by Gasteiger charge is 2.35. The number of benzene rings is 2. The van der Waals surface area contributed by atoms with Crippen molar-refractivity contribution in [1.29, 1.82) is 0 Å². The highest BCUT2D eigenvalue weighted by molar-refractivity contribution is 6.08. The zero-order chi connectivity index (χ0) is 24.6. The summed E-state index contributed by atoms with van der Waals surface area (Å²) >= 11 is 0. The van der Waals surface area contributed by atoms with Crippen LogP contribution in [0, 0.1) is 0 Å². The van der Waals surface area contributed by atoms with Crippen molar-refractivity contribution in [3.63, 3.8) is 0 Å². The van der Waals surface area contributed by atoms with E-state index in [1.165, 1.54) is 11.2 Å². The predicted molar refractivity (Wildman–Crippen MR) is 134 cm³/mol. The second kappa shape index (κ2) is 11.6. The van der Waals surface area contributed by atoms with Crippen LogP contribution in [0.2, 0.25) is 0 Å². The van der Waals surface area contributed by atoms with Crippen LogP contribution in [0.3, 0.4) is 0 Å². The van der Waals surface area contributed by atoms with Crippen molar-refractivity contribution >= 4 is 17.5 Å². The lowest BCUT2D eigenvalue weighted by molar-refractivity contribution is -0.123. The van der Waals surface area contributed by atoms with Crippen molar-refractivity contribution in [3.8, 4) is 11.5 Å². The summed E-state index contributed by atoms with van der Waals surface area (Å²) in [5.41, 5.74) is 1.24. The number of carbonyl (C=O) groups is 2. The van der Waals surface area contributed by atoms with Crippen LogP contribution in [-0.4, -0.2) is 31.1 Å². The molecule has 0 saturated heterocycles. The van der Waals surface area contributed by atoms with Crippen molar-refractivity contribution in [2.45, 2.75) is 51.6 Å². The Labute approximate surface area is 206 Å². The van der Waals surface area contributed by atoms with Crippen molar-refractivity contribution < 1.29 is 23.5 Å². The molecule has 7 nitrogen and oxygen atoms in total. The molecule has 1 N–H and O–H groups in total. The number of hydrogen-bond acceptors (Lipinski definition) is 5. The number of furan rings is 1. The van der Waals surface area contributed by atoms with E-state index in [1.807, 2.05) is 38.1 Å². The molecule has 35 heavy (non-hydrogen) atoms. The van der Waals surface area contributed by atoms with Crippen LogP contribution in [0.5, 0.6) is 11.5 Å². The summed E-state index contributed by atoms with van der Waals surface area (Å²) in [4.78, 5) is 29.0. The van der Waals surface area contributed by atoms with Gasteiger partial charge in [0.1, 0.15) is 17.5 Å². The third kappa shape index (κ3) is 5.85. The summed E-state index contributed by atoms with van der Waals surface area (Å²) in [6.45, 7) is 4.91. The largest absolute Gasteiger partial charge is 0.494 e. The topological polar surface area (TPSA) is 81.0 Å². The Morgan fingerprint density at radius 1 is 0.943 bits per heavy atom. The summed E-state index contributed by atoms with van der Waals surface area (Å²) in [5.74, 6) is 0.920. The Balaban J connectivity index is 1.77. The molecule has 0 spiro atoms. The maximum absolute atomic E-state index is 13.8. The van der Waals surface area contributed by atoms with Gasteiger partial charge in [0.25, 0.3) is 5.91 Å². The molecular formula is C28H32N2O5. The first-order valence-corrected chi connectivity index (χ1v) is 12.2. The number of nitrogens with one attached hydrogen (secondary N) is 1. The van der Waals surface area contributed by atoms with Crippen LogP contribution in [0.25, 0.3) is 0 Å². The first kappa shape index (κ1) is 24.4. The van der Waals surface area contributed by atoms with Crippen LogP contribution >= 0.6 is 0 Å². The number of amides is 2. The molecular weight excluding hydrogens is 444 g/mol. The predicted octanol–water partition coefficient (Wildman–Crippen LogP) is 5.52. The lowest BCUT2D eigenvalue weighted by Gasteiger charge is -2.32. The van der Waals surface area contributed by atoms with Crippen molar-refractivity contribution in [2.75, 3.05) is 18.1 Å². The molecule has 1 aliphatic carbocycles. The second-order valence-corrected chi connectivity index (χ2v) is 8.47. The van der Waals surface area contributed by atoms with E-state index in [2.05, 4.69) is 5.32 Å². The van der Waals surface area contributed by atoms with E-state index >= 15 is 0 Å². The van der Waals surface area contributed by atoms with E-state index in [0.29, 0.717) is 36.0 Å². The molecule has 4 rings (SSSR count). The SMILES string of the molecule is CCOc1ccc(C(C(=O)NC2CCCC2)N(C(=O)c2ccco2)c2ccc(OCC)cc2)cc1. The first-order chi connectivity index (χ1) is 17.1. The summed E-state index contributed by atoms with van der Waals surface area (Å²) in [5, 5.41) is 3.18. The minimum atomic E-state index is -0.901. The molecule has 1 unspecified atom stereocenters. The van der Waals surface area contributed by atoms with Gasteiger partial charge in [-0.25, -0.2) is 0 Å². The molecule has 1 saturated carbocycles. The van der Waals surface area contributed by atoms with Gasteiger partial charge in [-0.1, -0.05) is 25.0 Å². The quantitative estimate of drug-likeness (QED) is 0.416. The molecule has 1 heterocycles. The van der Waals surface area contributed by atoms with Crippen LogP contribution < -0.4 is 19.7 Å². The molecule has 0 aliphatic heterocycles. The average Bonchev–Trinajstić information content (AvgIpc) is 3.59. The van der Waals surface area contributed by atoms with Gasteiger partial charge in [-0.3, -0.25) is 14.5 Å². The van der Waals surface area contributed by atoms with Crippen LogP contribution in [0.15, 0.2) is 71.3 Å². The molecule has 3 aromatic rings. The van der Waals surface area contributed by atoms with Crippen LogP contribution in [0.1, 0.15) is 61.7 Å². The lowest BCUT2D eigenvalue weighted by atomic mass is 10.0. The zero-order valence-corrected chi connectivity index (χ0v) is 20.2. The number of nitrogens with zero attached hydrogens (tertiary/aromatic N) is 1. The lowest BCUT2D eigenvalue weighted by Crippen LogP contribution is -2.46. The van der Waals surface area contributed by atoms with Crippen molar-refractivity contribution in [2.24, 2.45) is 0 Å². The number of carbonyl (C=O) groups excluding carboxylic acids is 2. The number of rotatable bonds is 10. The monoisotopic (exact) mass is 476 g/mol. The van der Waals surface area contributed by atoms with Crippen molar-refractivity contribution in [1.82, 2.24) is 5.32 Å². The van der Waals surface area contributed by atoms with Gasteiger partial charge in [-0.05, 0) is 80.8 Å². The van der Waals surface area contributed by atoms with Crippen LogP contribution in [0.4, 0.5) is 5.69 Å². The number of hydrogen-bond donors (Lipinski definition) is 1. The van der Waals surface area contributed by atoms with Gasteiger partial charge in [-0.15, -0.1) is 0 Å².